The molecule has 1 aromatic heterocycles. The fraction of sp³-hybridized carbons (Fsp3) is 0.400. The second-order valence-corrected chi connectivity index (χ2v) is 5.97. The Hall–Kier alpha value is -1.70. The summed E-state index contributed by atoms with van der Waals surface area (Å²) in [5.41, 5.74) is 7.14. The van der Waals surface area contributed by atoms with Crippen molar-refractivity contribution in [2.45, 2.75) is 25.8 Å². The first-order chi connectivity index (χ1) is 11.0. The largest absolute Gasteiger partial charge is 0.333 e. The highest BCUT2D eigenvalue weighted by molar-refractivity contribution is 6.30. The van der Waals surface area contributed by atoms with Gasteiger partial charge in [-0.15, -0.1) is 17.5 Å². The Bertz CT molecular complexity index is 751. The number of carbonyl (C=O) groups is 1. The summed E-state index contributed by atoms with van der Waals surface area (Å²) < 4.78 is 14.8. The number of halogens is 3. The molecular formula is C15H18Cl2FN5O. The van der Waals surface area contributed by atoms with Gasteiger partial charge >= 0.3 is 0 Å². The topological polar surface area (TPSA) is 77.0 Å². The molecule has 1 amide bonds. The second-order valence-electron chi connectivity index (χ2n) is 5.56. The molecule has 24 heavy (non-hydrogen) atoms. The van der Waals surface area contributed by atoms with Crippen molar-refractivity contribution in [2.24, 2.45) is 5.73 Å². The van der Waals surface area contributed by atoms with Crippen LogP contribution in [0.25, 0.3) is 5.69 Å². The molecule has 9 heteroatoms. The Kier molecular flexibility index (Phi) is 5.79. The monoisotopic (exact) mass is 373 g/mol. The lowest BCUT2D eigenvalue weighted by atomic mass is 10.2. The molecule has 2 aromatic rings. The van der Waals surface area contributed by atoms with Crippen LogP contribution in [0.1, 0.15) is 29.0 Å². The van der Waals surface area contributed by atoms with Gasteiger partial charge in [-0.05, 0) is 38.0 Å². The standard InChI is InChI=1S/C15H17ClFN5O.ClH/c1-9-14(15(23)21-6-2-3-11(21)8-18)19-20-22(9)10-4-5-13(17)12(16)7-10;/h4-5,7,11H,2-3,6,8,18H2,1H3;1H. The minimum absolute atomic E-state index is 0. The number of hydrogen-bond acceptors (Lipinski definition) is 4. The van der Waals surface area contributed by atoms with Crippen LogP contribution >= 0.6 is 24.0 Å². The molecule has 0 saturated carbocycles. The average Bonchev–Trinajstić information content (AvgIpc) is 3.16. The number of carbonyl (C=O) groups excluding carboxylic acids is 1. The Balaban J connectivity index is 0.00000208. The molecule has 1 saturated heterocycles. The average molecular weight is 374 g/mol. The van der Waals surface area contributed by atoms with Gasteiger partial charge in [0.25, 0.3) is 5.91 Å². The first-order valence-corrected chi connectivity index (χ1v) is 7.79. The van der Waals surface area contributed by atoms with Crippen molar-refractivity contribution in [3.05, 3.63) is 40.4 Å². The van der Waals surface area contributed by atoms with Gasteiger partial charge in [-0.2, -0.15) is 0 Å². The number of amides is 1. The van der Waals surface area contributed by atoms with E-state index in [-0.39, 0.29) is 35.1 Å². The lowest BCUT2D eigenvalue weighted by Crippen LogP contribution is -2.40. The predicted molar refractivity (Wildman–Crippen MR) is 91.4 cm³/mol. The van der Waals surface area contributed by atoms with Crippen LogP contribution in [0.3, 0.4) is 0 Å². The summed E-state index contributed by atoms with van der Waals surface area (Å²) in [7, 11) is 0. The quantitative estimate of drug-likeness (QED) is 0.895. The Labute approximate surface area is 150 Å². The van der Waals surface area contributed by atoms with Crippen molar-refractivity contribution in [1.29, 1.82) is 0 Å². The zero-order valence-corrected chi connectivity index (χ0v) is 14.6. The molecule has 1 fully saturated rings. The van der Waals surface area contributed by atoms with E-state index >= 15 is 0 Å². The van der Waals surface area contributed by atoms with E-state index in [9.17, 15) is 9.18 Å². The third kappa shape index (κ3) is 3.24. The summed E-state index contributed by atoms with van der Waals surface area (Å²) in [6.07, 6.45) is 1.84. The summed E-state index contributed by atoms with van der Waals surface area (Å²) >= 11 is 5.80. The third-order valence-electron chi connectivity index (χ3n) is 4.15. The number of hydrogen-bond donors (Lipinski definition) is 1. The number of rotatable bonds is 3. The highest BCUT2D eigenvalue weighted by Crippen LogP contribution is 2.23. The lowest BCUT2D eigenvalue weighted by Gasteiger charge is -2.22. The molecule has 0 spiro atoms. The van der Waals surface area contributed by atoms with Crippen molar-refractivity contribution < 1.29 is 9.18 Å². The molecule has 1 atom stereocenters. The molecule has 2 heterocycles. The van der Waals surface area contributed by atoms with Crippen molar-refractivity contribution in [3.63, 3.8) is 0 Å². The van der Waals surface area contributed by atoms with Crippen molar-refractivity contribution in [2.75, 3.05) is 13.1 Å². The molecule has 1 unspecified atom stereocenters. The minimum Gasteiger partial charge on any atom is -0.333 e. The molecule has 6 nitrogen and oxygen atoms in total. The minimum atomic E-state index is -0.507. The van der Waals surface area contributed by atoms with Gasteiger partial charge in [-0.1, -0.05) is 16.8 Å². The third-order valence-corrected chi connectivity index (χ3v) is 4.44. The SMILES string of the molecule is Cc1c(C(=O)N2CCCC2CN)nnn1-c1ccc(F)c(Cl)c1.Cl. The van der Waals surface area contributed by atoms with E-state index in [1.165, 1.54) is 22.9 Å². The van der Waals surface area contributed by atoms with Crippen LogP contribution in [0.4, 0.5) is 4.39 Å². The number of aromatic nitrogens is 3. The molecule has 1 aliphatic heterocycles. The van der Waals surface area contributed by atoms with Crippen molar-refractivity contribution in [1.82, 2.24) is 19.9 Å². The smallest absolute Gasteiger partial charge is 0.276 e. The van der Waals surface area contributed by atoms with Gasteiger partial charge in [0.2, 0.25) is 0 Å². The molecule has 3 rings (SSSR count). The number of nitrogens with zero attached hydrogens (tertiary/aromatic N) is 4. The Morgan fingerprint density at radius 3 is 2.92 bits per heavy atom. The van der Waals surface area contributed by atoms with Crippen LogP contribution < -0.4 is 5.73 Å². The normalized spacial score (nSPS) is 17.0. The van der Waals surface area contributed by atoms with E-state index in [0.29, 0.717) is 24.5 Å². The zero-order chi connectivity index (χ0) is 16.6. The predicted octanol–water partition coefficient (Wildman–Crippen LogP) is 2.35. The highest BCUT2D eigenvalue weighted by atomic mass is 35.5. The fourth-order valence-corrected chi connectivity index (χ4v) is 3.05. The van der Waals surface area contributed by atoms with Gasteiger partial charge in [-0.3, -0.25) is 4.79 Å². The van der Waals surface area contributed by atoms with Gasteiger partial charge in [0.1, 0.15) is 5.82 Å². The van der Waals surface area contributed by atoms with E-state index in [1.807, 2.05) is 0 Å². The maximum absolute atomic E-state index is 13.3. The summed E-state index contributed by atoms with van der Waals surface area (Å²) in [4.78, 5) is 14.4. The Morgan fingerprint density at radius 2 is 2.25 bits per heavy atom. The summed E-state index contributed by atoms with van der Waals surface area (Å²) in [6.45, 7) is 2.86. The first kappa shape index (κ1) is 18.6. The van der Waals surface area contributed by atoms with Gasteiger partial charge < -0.3 is 10.6 Å². The van der Waals surface area contributed by atoms with Gasteiger partial charge in [0.05, 0.1) is 16.4 Å². The maximum atomic E-state index is 13.3. The van der Waals surface area contributed by atoms with Crippen LogP contribution in [0, 0.1) is 12.7 Å². The van der Waals surface area contributed by atoms with Gasteiger partial charge in [-0.25, -0.2) is 9.07 Å². The number of nitrogens with two attached hydrogens (primary N) is 1. The first-order valence-electron chi connectivity index (χ1n) is 7.41. The van der Waals surface area contributed by atoms with Crippen LogP contribution in [0.15, 0.2) is 18.2 Å². The molecule has 130 valence electrons. The van der Waals surface area contributed by atoms with Gasteiger partial charge in [0, 0.05) is 19.1 Å². The van der Waals surface area contributed by atoms with Crippen molar-refractivity contribution in [3.8, 4) is 5.69 Å². The fourth-order valence-electron chi connectivity index (χ4n) is 2.87. The highest BCUT2D eigenvalue weighted by Gasteiger charge is 2.31. The number of benzene rings is 1. The molecule has 1 aromatic carbocycles. The van der Waals surface area contributed by atoms with E-state index in [4.69, 9.17) is 17.3 Å². The molecule has 0 radical (unpaired) electrons. The zero-order valence-electron chi connectivity index (χ0n) is 13.1. The van der Waals surface area contributed by atoms with Crippen LogP contribution in [0.2, 0.25) is 5.02 Å². The van der Waals surface area contributed by atoms with Crippen LogP contribution in [-0.2, 0) is 0 Å². The van der Waals surface area contributed by atoms with E-state index < -0.39 is 5.82 Å². The molecule has 0 aliphatic carbocycles. The second kappa shape index (κ2) is 7.46. The van der Waals surface area contributed by atoms with E-state index in [2.05, 4.69) is 10.3 Å². The Morgan fingerprint density at radius 1 is 1.50 bits per heavy atom. The lowest BCUT2D eigenvalue weighted by molar-refractivity contribution is 0.0734. The summed E-state index contributed by atoms with van der Waals surface area (Å²) in [6, 6.07) is 4.29. The maximum Gasteiger partial charge on any atom is 0.276 e. The van der Waals surface area contributed by atoms with Crippen molar-refractivity contribution >= 4 is 29.9 Å². The van der Waals surface area contributed by atoms with E-state index in [1.54, 1.807) is 11.8 Å². The van der Waals surface area contributed by atoms with Gasteiger partial charge in [0.15, 0.2) is 5.69 Å². The van der Waals surface area contributed by atoms with Crippen LogP contribution in [0.5, 0.6) is 0 Å². The van der Waals surface area contributed by atoms with Crippen LogP contribution in [-0.4, -0.2) is 44.9 Å². The number of likely N-dealkylation sites (tertiary alicyclic amines) is 1. The molecule has 1 aliphatic rings. The summed E-state index contributed by atoms with van der Waals surface area (Å²) in [5.74, 6) is -0.678. The molecule has 2 N–H and O–H groups in total. The summed E-state index contributed by atoms with van der Waals surface area (Å²) in [5, 5.41) is 8.00. The van der Waals surface area contributed by atoms with E-state index in [0.717, 1.165) is 12.8 Å². The molecular weight excluding hydrogens is 356 g/mol. The molecule has 0 bridgehead atoms.